The van der Waals surface area contributed by atoms with Crippen molar-refractivity contribution in [3.63, 3.8) is 0 Å². The second-order valence-corrected chi connectivity index (χ2v) is 10.5. The number of carbonyl (C=O) groups excluding carboxylic acids is 1. The van der Waals surface area contributed by atoms with E-state index in [2.05, 4.69) is 12.2 Å². The Bertz CT molecular complexity index is 775. The van der Waals surface area contributed by atoms with Crippen LogP contribution in [0.25, 0.3) is 0 Å². The molecule has 1 aliphatic carbocycles. The van der Waals surface area contributed by atoms with Gasteiger partial charge in [-0.1, -0.05) is 45.1 Å². The van der Waals surface area contributed by atoms with E-state index in [9.17, 15) is 13.2 Å². The first-order chi connectivity index (χ1) is 13.4. The summed E-state index contributed by atoms with van der Waals surface area (Å²) in [7, 11) is -3.55. The minimum absolute atomic E-state index is 0.146. The average Bonchev–Trinajstić information content (AvgIpc) is 2.64. The van der Waals surface area contributed by atoms with Gasteiger partial charge >= 0.3 is 0 Å². The SMILES string of the molecule is Cc1ccc(S(=O)(=O)N2CCC(C)CC2)cc1C(=O)NC1CCCCCCC1. The quantitative estimate of drug-likeness (QED) is 0.812. The number of sulfonamides is 1. The number of aryl methyl sites for hydroxylation is 1. The van der Waals surface area contributed by atoms with Gasteiger partial charge in [0.05, 0.1) is 4.90 Å². The number of nitrogens with zero attached hydrogens (tertiary/aromatic N) is 1. The van der Waals surface area contributed by atoms with Gasteiger partial charge in [-0.15, -0.1) is 0 Å². The summed E-state index contributed by atoms with van der Waals surface area (Å²) in [6, 6.07) is 5.15. The molecule has 1 aromatic carbocycles. The van der Waals surface area contributed by atoms with Crippen LogP contribution >= 0.6 is 0 Å². The van der Waals surface area contributed by atoms with Crippen LogP contribution in [0.4, 0.5) is 0 Å². The second-order valence-electron chi connectivity index (χ2n) is 8.58. The Morgan fingerprint density at radius 3 is 2.25 bits per heavy atom. The molecule has 1 saturated heterocycles. The summed E-state index contributed by atoms with van der Waals surface area (Å²) in [4.78, 5) is 13.1. The number of hydrogen-bond donors (Lipinski definition) is 1. The zero-order chi connectivity index (χ0) is 20.1. The maximum atomic E-state index is 13.0. The number of amides is 1. The fraction of sp³-hybridized carbons (Fsp3) is 0.682. The molecule has 28 heavy (non-hydrogen) atoms. The van der Waals surface area contributed by atoms with Gasteiger partial charge in [-0.05, 0) is 56.2 Å². The lowest BCUT2D eigenvalue weighted by molar-refractivity contribution is 0.0929. The van der Waals surface area contributed by atoms with Gasteiger partial charge in [0.1, 0.15) is 0 Å². The van der Waals surface area contributed by atoms with Crippen molar-refractivity contribution in [1.82, 2.24) is 9.62 Å². The molecule has 1 aliphatic heterocycles. The van der Waals surface area contributed by atoms with Crippen LogP contribution in [0.2, 0.25) is 0 Å². The highest BCUT2D eigenvalue weighted by Crippen LogP contribution is 2.25. The predicted molar refractivity (Wildman–Crippen MR) is 112 cm³/mol. The largest absolute Gasteiger partial charge is 0.349 e. The minimum atomic E-state index is -3.55. The van der Waals surface area contributed by atoms with Crippen molar-refractivity contribution in [2.24, 2.45) is 5.92 Å². The number of rotatable bonds is 4. The van der Waals surface area contributed by atoms with E-state index in [-0.39, 0.29) is 16.8 Å². The highest BCUT2D eigenvalue weighted by atomic mass is 32.2. The van der Waals surface area contributed by atoms with Crippen LogP contribution in [0, 0.1) is 12.8 Å². The van der Waals surface area contributed by atoms with E-state index in [1.807, 2.05) is 6.92 Å². The zero-order valence-corrected chi connectivity index (χ0v) is 18.1. The van der Waals surface area contributed by atoms with E-state index in [0.717, 1.165) is 44.1 Å². The lowest BCUT2D eigenvalue weighted by Gasteiger charge is -2.29. The Kier molecular flexibility index (Phi) is 7.15. The molecule has 2 fully saturated rings. The molecule has 1 heterocycles. The molecule has 156 valence electrons. The smallest absolute Gasteiger partial charge is 0.251 e. The van der Waals surface area contributed by atoms with Crippen molar-refractivity contribution in [2.75, 3.05) is 13.1 Å². The van der Waals surface area contributed by atoms with Gasteiger partial charge in [0, 0.05) is 24.7 Å². The van der Waals surface area contributed by atoms with Gasteiger partial charge in [-0.3, -0.25) is 4.79 Å². The van der Waals surface area contributed by atoms with Crippen LogP contribution in [-0.4, -0.2) is 37.8 Å². The van der Waals surface area contributed by atoms with Gasteiger partial charge in [0.2, 0.25) is 10.0 Å². The third-order valence-electron chi connectivity index (χ3n) is 6.27. The molecule has 0 atom stereocenters. The van der Waals surface area contributed by atoms with E-state index >= 15 is 0 Å². The van der Waals surface area contributed by atoms with Crippen molar-refractivity contribution < 1.29 is 13.2 Å². The second kappa shape index (κ2) is 9.40. The monoisotopic (exact) mass is 406 g/mol. The molecule has 0 bridgehead atoms. The first-order valence-corrected chi connectivity index (χ1v) is 12.2. The summed E-state index contributed by atoms with van der Waals surface area (Å²) in [5, 5.41) is 3.16. The maximum Gasteiger partial charge on any atom is 0.251 e. The van der Waals surface area contributed by atoms with Gasteiger partial charge < -0.3 is 5.32 Å². The van der Waals surface area contributed by atoms with Crippen LogP contribution in [-0.2, 0) is 10.0 Å². The van der Waals surface area contributed by atoms with Crippen molar-refractivity contribution in [3.8, 4) is 0 Å². The standard InChI is InChI=1S/C22H34N2O3S/c1-17-12-14-24(15-13-17)28(26,27)20-11-10-18(2)21(16-20)22(25)23-19-8-6-4-3-5-7-9-19/h10-11,16-17,19H,3-9,12-15H2,1-2H3,(H,23,25). The van der Waals surface area contributed by atoms with E-state index in [1.54, 1.807) is 22.5 Å². The van der Waals surface area contributed by atoms with Crippen LogP contribution in [0.15, 0.2) is 23.1 Å². The average molecular weight is 407 g/mol. The Morgan fingerprint density at radius 2 is 1.61 bits per heavy atom. The summed E-state index contributed by atoms with van der Waals surface area (Å²) in [6.45, 7) is 5.14. The molecular weight excluding hydrogens is 372 g/mol. The highest BCUT2D eigenvalue weighted by molar-refractivity contribution is 7.89. The topological polar surface area (TPSA) is 66.5 Å². The third kappa shape index (κ3) is 5.15. The highest BCUT2D eigenvalue weighted by Gasteiger charge is 2.29. The lowest BCUT2D eigenvalue weighted by atomic mass is 9.96. The normalized spacial score (nSPS) is 21.1. The molecule has 6 heteroatoms. The summed E-state index contributed by atoms with van der Waals surface area (Å²) < 4.78 is 27.7. The van der Waals surface area contributed by atoms with Crippen LogP contribution in [0.3, 0.4) is 0 Å². The Hall–Kier alpha value is -1.40. The predicted octanol–water partition coefficient (Wildman–Crippen LogP) is 4.26. The number of benzene rings is 1. The lowest BCUT2D eigenvalue weighted by Crippen LogP contribution is -2.38. The van der Waals surface area contributed by atoms with Gasteiger partial charge in [-0.25, -0.2) is 8.42 Å². The van der Waals surface area contributed by atoms with Gasteiger partial charge in [0.15, 0.2) is 0 Å². The first-order valence-electron chi connectivity index (χ1n) is 10.8. The summed E-state index contributed by atoms with van der Waals surface area (Å²) in [5.41, 5.74) is 1.29. The first kappa shape index (κ1) is 21.3. The van der Waals surface area contributed by atoms with Gasteiger partial charge in [0.25, 0.3) is 5.91 Å². The molecular formula is C22H34N2O3S. The van der Waals surface area contributed by atoms with E-state index in [4.69, 9.17) is 0 Å². The number of piperidine rings is 1. The van der Waals surface area contributed by atoms with Gasteiger partial charge in [-0.2, -0.15) is 4.31 Å². The molecule has 0 unspecified atom stereocenters. The maximum absolute atomic E-state index is 13.0. The zero-order valence-electron chi connectivity index (χ0n) is 17.2. The minimum Gasteiger partial charge on any atom is -0.349 e. The molecule has 1 amide bonds. The van der Waals surface area contributed by atoms with Crippen molar-refractivity contribution in [3.05, 3.63) is 29.3 Å². The third-order valence-corrected chi connectivity index (χ3v) is 8.17. The van der Waals surface area contributed by atoms with Crippen molar-refractivity contribution in [1.29, 1.82) is 0 Å². The van der Waals surface area contributed by atoms with Crippen molar-refractivity contribution in [2.45, 2.75) is 82.6 Å². The Balaban J connectivity index is 1.75. The molecule has 1 N–H and O–H groups in total. The molecule has 1 aromatic rings. The molecule has 5 nitrogen and oxygen atoms in total. The summed E-state index contributed by atoms with van der Waals surface area (Å²) in [5.74, 6) is 0.418. The Labute approximate surface area is 169 Å². The molecule has 0 radical (unpaired) electrons. The summed E-state index contributed by atoms with van der Waals surface area (Å²) >= 11 is 0. The fourth-order valence-electron chi connectivity index (χ4n) is 4.24. The molecule has 2 aliphatic rings. The summed E-state index contributed by atoms with van der Waals surface area (Å²) in [6.07, 6.45) is 9.83. The van der Waals surface area contributed by atoms with Crippen LogP contribution in [0.5, 0.6) is 0 Å². The van der Waals surface area contributed by atoms with Crippen LogP contribution < -0.4 is 5.32 Å². The fourth-order valence-corrected chi connectivity index (χ4v) is 5.74. The van der Waals surface area contributed by atoms with E-state index in [1.165, 1.54) is 19.3 Å². The Morgan fingerprint density at radius 1 is 1.00 bits per heavy atom. The van der Waals surface area contributed by atoms with E-state index < -0.39 is 10.0 Å². The molecule has 0 aromatic heterocycles. The number of carbonyl (C=O) groups is 1. The van der Waals surface area contributed by atoms with Crippen molar-refractivity contribution >= 4 is 15.9 Å². The van der Waals surface area contributed by atoms with Crippen LogP contribution in [0.1, 0.15) is 80.6 Å². The van der Waals surface area contributed by atoms with E-state index in [0.29, 0.717) is 24.6 Å². The number of hydrogen-bond acceptors (Lipinski definition) is 3. The molecule has 0 spiro atoms. The molecule has 3 rings (SSSR count). The number of nitrogens with one attached hydrogen (secondary N) is 1. The molecule has 1 saturated carbocycles.